The van der Waals surface area contributed by atoms with Crippen LogP contribution in [0.1, 0.15) is 16.7 Å². The summed E-state index contributed by atoms with van der Waals surface area (Å²) in [5, 5.41) is 11.3. The number of hydrogen-bond acceptors (Lipinski definition) is 3. The van der Waals surface area contributed by atoms with E-state index in [1.165, 1.54) is 24.4 Å². The molecule has 0 aliphatic heterocycles. The van der Waals surface area contributed by atoms with Crippen molar-refractivity contribution in [1.29, 1.82) is 0 Å². The minimum Gasteiger partial charge on any atom is -0.489 e. The van der Waals surface area contributed by atoms with E-state index in [0.29, 0.717) is 11.3 Å². The lowest BCUT2D eigenvalue weighted by Gasteiger charge is -2.13. The van der Waals surface area contributed by atoms with Gasteiger partial charge in [-0.25, -0.2) is 0 Å². The SMILES string of the molecule is O/N=C/c1ccc(OCc2ccccc2C(F)(F)F)cc1. The van der Waals surface area contributed by atoms with Crippen molar-refractivity contribution in [2.24, 2.45) is 5.16 Å². The Morgan fingerprint density at radius 2 is 1.71 bits per heavy atom. The number of oxime groups is 1. The predicted octanol–water partition coefficient (Wildman–Crippen LogP) is 4.09. The summed E-state index contributed by atoms with van der Waals surface area (Å²) >= 11 is 0. The third kappa shape index (κ3) is 3.98. The highest BCUT2D eigenvalue weighted by Gasteiger charge is 2.32. The van der Waals surface area contributed by atoms with Gasteiger partial charge in [-0.1, -0.05) is 23.4 Å². The molecule has 0 saturated carbocycles. The Morgan fingerprint density at radius 3 is 2.33 bits per heavy atom. The molecule has 0 amide bonds. The first-order valence-corrected chi connectivity index (χ1v) is 6.06. The van der Waals surface area contributed by atoms with Gasteiger partial charge in [-0.3, -0.25) is 0 Å². The van der Waals surface area contributed by atoms with Crippen LogP contribution in [0, 0.1) is 0 Å². The lowest BCUT2D eigenvalue weighted by molar-refractivity contribution is -0.138. The second-order valence-electron chi connectivity index (χ2n) is 4.26. The van der Waals surface area contributed by atoms with Crippen molar-refractivity contribution in [3.8, 4) is 5.75 Å². The molecule has 2 rings (SSSR count). The summed E-state index contributed by atoms with van der Waals surface area (Å²) in [5.74, 6) is 0.432. The lowest BCUT2D eigenvalue weighted by Crippen LogP contribution is -2.10. The molecule has 0 aliphatic carbocycles. The monoisotopic (exact) mass is 295 g/mol. The summed E-state index contributed by atoms with van der Waals surface area (Å²) in [7, 11) is 0. The van der Waals surface area contributed by atoms with E-state index in [1.54, 1.807) is 24.3 Å². The third-order valence-electron chi connectivity index (χ3n) is 2.80. The van der Waals surface area contributed by atoms with Crippen molar-refractivity contribution in [2.75, 3.05) is 0 Å². The smallest absolute Gasteiger partial charge is 0.416 e. The van der Waals surface area contributed by atoms with Crippen molar-refractivity contribution < 1.29 is 23.1 Å². The number of ether oxygens (including phenoxy) is 1. The number of rotatable bonds is 4. The molecule has 0 aliphatic rings. The molecular formula is C15H12F3NO2. The van der Waals surface area contributed by atoms with Gasteiger partial charge in [0.1, 0.15) is 12.4 Å². The van der Waals surface area contributed by atoms with Gasteiger partial charge in [0.05, 0.1) is 11.8 Å². The van der Waals surface area contributed by atoms with Gasteiger partial charge in [0.2, 0.25) is 0 Å². The Hall–Kier alpha value is -2.50. The van der Waals surface area contributed by atoms with E-state index in [4.69, 9.17) is 9.94 Å². The highest BCUT2D eigenvalue weighted by Crippen LogP contribution is 2.32. The molecule has 0 spiro atoms. The van der Waals surface area contributed by atoms with Gasteiger partial charge in [-0.15, -0.1) is 0 Å². The minimum absolute atomic E-state index is 0.0750. The van der Waals surface area contributed by atoms with Gasteiger partial charge in [-0.2, -0.15) is 13.2 Å². The molecule has 3 nitrogen and oxygen atoms in total. The van der Waals surface area contributed by atoms with Crippen LogP contribution in [-0.2, 0) is 12.8 Å². The largest absolute Gasteiger partial charge is 0.489 e. The van der Waals surface area contributed by atoms with Gasteiger partial charge >= 0.3 is 6.18 Å². The zero-order chi connectivity index (χ0) is 15.3. The highest BCUT2D eigenvalue weighted by atomic mass is 19.4. The minimum atomic E-state index is -4.40. The van der Waals surface area contributed by atoms with Crippen LogP contribution in [0.25, 0.3) is 0 Å². The van der Waals surface area contributed by atoms with Gasteiger partial charge in [0.15, 0.2) is 0 Å². The number of halogens is 3. The molecule has 0 radical (unpaired) electrons. The Bertz CT molecular complexity index is 622. The summed E-state index contributed by atoms with van der Waals surface area (Å²) in [5.41, 5.74) is 0.0283. The Balaban J connectivity index is 2.10. The van der Waals surface area contributed by atoms with Gasteiger partial charge < -0.3 is 9.94 Å². The molecular weight excluding hydrogens is 283 g/mol. The summed E-state index contributed by atoms with van der Waals surface area (Å²) in [4.78, 5) is 0. The molecule has 1 N–H and O–H groups in total. The van der Waals surface area contributed by atoms with Crippen molar-refractivity contribution in [1.82, 2.24) is 0 Å². The molecule has 6 heteroatoms. The van der Waals surface area contributed by atoms with Crippen molar-refractivity contribution in [3.63, 3.8) is 0 Å². The Morgan fingerprint density at radius 1 is 1.05 bits per heavy atom. The molecule has 2 aromatic rings. The fourth-order valence-electron chi connectivity index (χ4n) is 1.80. The maximum absolute atomic E-state index is 12.8. The Labute approximate surface area is 119 Å². The molecule has 110 valence electrons. The molecule has 2 aromatic carbocycles. The molecule has 0 heterocycles. The second kappa shape index (κ2) is 6.30. The van der Waals surface area contributed by atoms with E-state index in [2.05, 4.69) is 5.16 Å². The summed E-state index contributed by atoms with van der Waals surface area (Å²) in [6, 6.07) is 11.7. The van der Waals surface area contributed by atoms with E-state index < -0.39 is 11.7 Å². The normalized spacial score (nSPS) is 11.8. The first-order chi connectivity index (χ1) is 10.0. The predicted molar refractivity (Wildman–Crippen MR) is 71.6 cm³/mol. The van der Waals surface area contributed by atoms with Crippen molar-refractivity contribution >= 4 is 6.21 Å². The fraction of sp³-hybridized carbons (Fsp3) is 0.133. The molecule has 0 bridgehead atoms. The number of hydrogen-bond donors (Lipinski definition) is 1. The first-order valence-electron chi connectivity index (χ1n) is 6.06. The summed E-state index contributed by atoms with van der Waals surface area (Å²) in [6.07, 6.45) is -3.16. The standard InChI is InChI=1S/C15H12F3NO2/c16-15(17,18)14-4-2-1-3-12(14)10-21-13-7-5-11(6-8-13)9-19-20/h1-9,20H,10H2/b19-9+. The van der Waals surface area contributed by atoms with Crippen LogP contribution in [0.3, 0.4) is 0 Å². The first kappa shape index (κ1) is 14.9. The van der Waals surface area contributed by atoms with E-state index in [-0.39, 0.29) is 12.2 Å². The van der Waals surface area contributed by atoms with Crippen LogP contribution in [0.15, 0.2) is 53.7 Å². The molecule has 0 atom stereocenters. The van der Waals surface area contributed by atoms with Crippen LogP contribution in [0.2, 0.25) is 0 Å². The molecule has 0 saturated heterocycles. The van der Waals surface area contributed by atoms with Gasteiger partial charge in [-0.05, 0) is 35.9 Å². The van der Waals surface area contributed by atoms with Crippen LogP contribution < -0.4 is 4.74 Å². The van der Waals surface area contributed by atoms with E-state index in [9.17, 15) is 13.2 Å². The summed E-state index contributed by atoms with van der Waals surface area (Å²) in [6.45, 7) is -0.177. The van der Waals surface area contributed by atoms with E-state index in [0.717, 1.165) is 6.07 Å². The summed E-state index contributed by atoms with van der Waals surface area (Å²) < 4.78 is 43.8. The maximum Gasteiger partial charge on any atom is 0.416 e. The molecule has 21 heavy (non-hydrogen) atoms. The van der Waals surface area contributed by atoms with Crippen LogP contribution in [0.4, 0.5) is 13.2 Å². The topological polar surface area (TPSA) is 41.8 Å². The quantitative estimate of drug-likeness (QED) is 0.524. The molecule has 0 unspecified atom stereocenters. The number of alkyl halides is 3. The average Bonchev–Trinajstić information content (AvgIpc) is 2.46. The number of nitrogens with zero attached hydrogens (tertiary/aromatic N) is 1. The van der Waals surface area contributed by atoms with Crippen LogP contribution in [0.5, 0.6) is 5.75 Å². The highest BCUT2D eigenvalue weighted by molar-refractivity contribution is 5.79. The average molecular weight is 295 g/mol. The molecule has 0 aromatic heterocycles. The maximum atomic E-state index is 12.8. The van der Waals surface area contributed by atoms with E-state index in [1.807, 2.05) is 0 Å². The van der Waals surface area contributed by atoms with Gasteiger partial charge in [0, 0.05) is 5.56 Å². The van der Waals surface area contributed by atoms with E-state index >= 15 is 0 Å². The van der Waals surface area contributed by atoms with Crippen molar-refractivity contribution in [2.45, 2.75) is 12.8 Å². The zero-order valence-corrected chi connectivity index (χ0v) is 10.8. The number of benzene rings is 2. The Kier molecular flexibility index (Phi) is 4.47. The third-order valence-corrected chi connectivity index (χ3v) is 2.80. The fourth-order valence-corrected chi connectivity index (χ4v) is 1.80. The van der Waals surface area contributed by atoms with Crippen molar-refractivity contribution in [3.05, 3.63) is 65.2 Å². The lowest BCUT2D eigenvalue weighted by atomic mass is 10.1. The van der Waals surface area contributed by atoms with Crippen LogP contribution >= 0.6 is 0 Å². The second-order valence-corrected chi connectivity index (χ2v) is 4.26. The van der Waals surface area contributed by atoms with Gasteiger partial charge in [0.25, 0.3) is 0 Å². The van der Waals surface area contributed by atoms with Crippen LogP contribution in [-0.4, -0.2) is 11.4 Å². The molecule has 0 fully saturated rings. The zero-order valence-electron chi connectivity index (χ0n) is 10.8.